The predicted molar refractivity (Wildman–Crippen MR) is 81.2 cm³/mol. The van der Waals surface area contributed by atoms with Crippen LogP contribution in [0.4, 0.5) is 0 Å². The maximum atomic E-state index is 11.7. The van der Waals surface area contributed by atoms with E-state index >= 15 is 0 Å². The summed E-state index contributed by atoms with van der Waals surface area (Å²) in [7, 11) is -1.30. The lowest BCUT2D eigenvalue weighted by Crippen LogP contribution is -2.29. The lowest BCUT2D eigenvalue weighted by atomic mass is 9.91. The standard InChI is InChI=1S/C14H20ClNO3S/c1-3-16-14(10-6-7-20(17,18)9-10)12-8-11(15)4-5-13(12)19-2/h4-5,8,10,14,16H,3,6-7,9H2,1-2H3. The van der Waals surface area contributed by atoms with Gasteiger partial charge in [-0.05, 0) is 37.1 Å². The minimum Gasteiger partial charge on any atom is -0.496 e. The van der Waals surface area contributed by atoms with E-state index in [0.29, 0.717) is 11.4 Å². The summed E-state index contributed by atoms with van der Waals surface area (Å²) in [6, 6.07) is 5.41. The second-order valence-electron chi connectivity index (χ2n) is 5.08. The summed E-state index contributed by atoms with van der Waals surface area (Å²) in [5, 5.41) is 4.01. The summed E-state index contributed by atoms with van der Waals surface area (Å²) < 4.78 is 28.8. The van der Waals surface area contributed by atoms with Gasteiger partial charge in [0, 0.05) is 16.6 Å². The number of hydrogen-bond donors (Lipinski definition) is 1. The van der Waals surface area contributed by atoms with Gasteiger partial charge in [0.1, 0.15) is 5.75 Å². The van der Waals surface area contributed by atoms with Gasteiger partial charge in [-0.3, -0.25) is 0 Å². The molecule has 1 aromatic carbocycles. The minimum absolute atomic E-state index is 0.0501. The molecule has 1 aliphatic rings. The van der Waals surface area contributed by atoms with Gasteiger partial charge in [-0.1, -0.05) is 18.5 Å². The number of rotatable bonds is 5. The van der Waals surface area contributed by atoms with Crippen LogP contribution in [0.1, 0.15) is 24.9 Å². The Morgan fingerprint density at radius 3 is 2.80 bits per heavy atom. The van der Waals surface area contributed by atoms with Gasteiger partial charge in [0.05, 0.1) is 18.6 Å². The first-order chi connectivity index (χ1) is 9.46. The average Bonchev–Trinajstić information content (AvgIpc) is 2.76. The Bertz CT molecular complexity index is 574. The second kappa shape index (κ2) is 6.33. The van der Waals surface area contributed by atoms with Gasteiger partial charge in [0.25, 0.3) is 0 Å². The molecule has 2 rings (SSSR count). The number of hydrogen-bond acceptors (Lipinski definition) is 4. The molecule has 1 saturated heterocycles. The Balaban J connectivity index is 2.36. The second-order valence-corrected chi connectivity index (χ2v) is 7.75. The van der Waals surface area contributed by atoms with E-state index in [1.54, 1.807) is 13.2 Å². The molecule has 4 nitrogen and oxygen atoms in total. The van der Waals surface area contributed by atoms with Gasteiger partial charge in [-0.2, -0.15) is 0 Å². The molecule has 2 unspecified atom stereocenters. The van der Waals surface area contributed by atoms with Crippen molar-refractivity contribution in [3.8, 4) is 5.75 Å². The maximum absolute atomic E-state index is 11.7. The molecule has 0 saturated carbocycles. The monoisotopic (exact) mass is 317 g/mol. The van der Waals surface area contributed by atoms with Crippen molar-refractivity contribution in [2.24, 2.45) is 5.92 Å². The van der Waals surface area contributed by atoms with Crippen molar-refractivity contribution < 1.29 is 13.2 Å². The highest BCUT2D eigenvalue weighted by molar-refractivity contribution is 7.91. The van der Waals surface area contributed by atoms with Gasteiger partial charge in [-0.25, -0.2) is 8.42 Å². The molecule has 1 heterocycles. The Hall–Kier alpha value is -0.780. The van der Waals surface area contributed by atoms with E-state index < -0.39 is 9.84 Å². The van der Waals surface area contributed by atoms with Gasteiger partial charge in [0.2, 0.25) is 0 Å². The number of ether oxygens (including phenoxy) is 1. The lowest BCUT2D eigenvalue weighted by Gasteiger charge is -2.25. The Morgan fingerprint density at radius 1 is 1.50 bits per heavy atom. The van der Waals surface area contributed by atoms with E-state index in [1.165, 1.54) is 0 Å². The smallest absolute Gasteiger partial charge is 0.150 e. The summed E-state index contributed by atoms with van der Waals surface area (Å²) in [5.41, 5.74) is 0.934. The van der Waals surface area contributed by atoms with E-state index in [0.717, 1.165) is 17.9 Å². The minimum atomic E-state index is -2.91. The Labute approximate surface area is 125 Å². The largest absolute Gasteiger partial charge is 0.496 e. The Kier molecular flexibility index (Phi) is 4.94. The highest BCUT2D eigenvalue weighted by Gasteiger charge is 2.35. The van der Waals surface area contributed by atoms with Crippen LogP contribution in [0.25, 0.3) is 0 Å². The van der Waals surface area contributed by atoms with Crippen LogP contribution in [0.2, 0.25) is 5.02 Å². The third-order valence-corrected chi connectivity index (χ3v) is 5.72. The number of halogens is 1. The van der Waals surface area contributed by atoms with Crippen LogP contribution >= 0.6 is 11.6 Å². The number of sulfone groups is 1. The van der Waals surface area contributed by atoms with Crippen LogP contribution in [-0.2, 0) is 9.84 Å². The van der Waals surface area contributed by atoms with Crippen molar-refractivity contribution in [1.82, 2.24) is 5.32 Å². The molecule has 0 aromatic heterocycles. The first kappa shape index (κ1) is 15.6. The molecule has 1 aliphatic heterocycles. The first-order valence-electron chi connectivity index (χ1n) is 6.74. The van der Waals surface area contributed by atoms with E-state index in [2.05, 4.69) is 5.32 Å². The average molecular weight is 318 g/mol. The Morgan fingerprint density at radius 2 is 2.25 bits per heavy atom. The molecule has 0 radical (unpaired) electrons. The van der Waals surface area contributed by atoms with Crippen molar-refractivity contribution in [3.05, 3.63) is 28.8 Å². The summed E-state index contributed by atoms with van der Waals surface area (Å²) in [6.45, 7) is 2.77. The highest BCUT2D eigenvalue weighted by Crippen LogP contribution is 2.37. The molecule has 1 fully saturated rings. The molecular weight excluding hydrogens is 298 g/mol. The summed E-state index contributed by atoms with van der Waals surface area (Å²) in [6.07, 6.45) is 0.676. The first-order valence-corrected chi connectivity index (χ1v) is 8.94. The third-order valence-electron chi connectivity index (χ3n) is 3.69. The quantitative estimate of drug-likeness (QED) is 0.906. The molecule has 2 atom stereocenters. The van der Waals surface area contributed by atoms with Crippen molar-refractivity contribution in [2.75, 3.05) is 25.2 Å². The van der Waals surface area contributed by atoms with Crippen LogP contribution in [-0.4, -0.2) is 33.6 Å². The fraction of sp³-hybridized carbons (Fsp3) is 0.571. The fourth-order valence-electron chi connectivity index (χ4n) is 2.79. The normalized spacial score (nSPS) is 22.6. The van der Waals surface area contributed by atoms with E-state index in [4.69, 9.17) is 16.3 Å². The molecule has 1 aromatic rings. The zero-order valence-electron chi connectivity index (χ0n) is 11.7. The van der Waals surface area contributed by atoms with Gasteiger partial charge in [0.15, 0.2) is 9.84 Å². The summed E-state index contributed by atoms with van der Waals surface area (Å²) in [5.74, 6) is 1.29. The zero-order chi connectivity index (χ0) is 14.8. The molecule has 0 amide bonds. The van der Waals surface area contributed by atoms with Gasteiger partial charge in [-0.15, -0.1) is 0 Å². The van der Waals surface area contributed by atoms with Crippen LogP contribution < -0.4 is 10.1 Å². The highest BCUT2D eigenvalue weighted by atomic mass is 35.5. The summed E-state index contributed by atoms with van der Waals surface area (Å²) in [4.78, 5) is 0. The molecule has 0 bridgehead atoms. The van der Waals surface area contributed by atoms with E-state index in [9.17, 15) is 8.42 Å². The van der Waals surface area contributed by atoms with Crippen molar-refractivity contribution in [1.29, 1.82) is 0 Å². The van der Waals surface area contributed by atoms with Crippen LogP contribution in [0.5, 0.6) is 5.75 Å². The number of benzene rings is 1. The van der Waals surface area contributed by atoms with Crippen LogP contribution in [0.15, 0.2) is 18.2 Å². The van der Waals surface area contributed by atoms with Crippen molar-refractivity contribution >= 4 is 21.4 Å². The van der Waals surface area contributed by atoms with E-state index in [-0.39, 0.29) is 23.5 Å². The molecule has 1 N–H and O–H groups in total. The molecule has 6 heteroatoms. The molecular formula is C14H20ClNO3S. The predicted octanol–water partition coefficient (Wildman–Crippen LogP) is 2.43. The van der Waals surface area contributed by atoms with Gasteiger partial charge >= 0.3 is 0 Å². The van der Waals surface area contributed by atoms with Crippen LogP contribution in [0, 0.1) is 5.92 Å². The van der Waals surface area contributed by atoms with Crippen molar-refractivity contribution in [2.45, 2.75) is 19.4 Å². The molecule has 112 valence electrons. The van der Waals surface area contributed by atoms with Crippen molar-refractivity contribution in [3.63, 3.8) is 0 Å². The number of methoxy groups -OCH3 is 1. The molecule has 0 aliphatic carbocycles. The van der Waals surface area contributed by atoms with E-state index in [1.807, 2.05) is 19.1 Å². The maximum Gasteiger partial charge on any atom is 0.150 e. The zero-order valence-corrected chi connectivity index (χ0v) is 13.3. The SMILES string of the molecule is CCNC(c1cc(Cl)ccc1OC)C1CCS(=O)(=O)C1. The summed E-state index contributed by atoms with van der Waals surface area (Å²) >= 11 is 6.08. The lowest BCUT2D eigenvalue weighted by molar-refractivity contribution is 0.364. The van der Waals surface area contributed by atoms with Crippen LogP contribution in [0.3, 0.4) is 0 Å². The third kappa shape index (κ3) is 3.45. The number of nitrogens with one attached hydrogen (secondary N) is 1. The molecule has 0 spiro atoms. The fourth-order valence-corrected chi connectivity index (χ4v) is 4.81. The van der Waals surface area contributed by atoms with Gasteiger partial charge < -0.3 is 10.1 Å². The topological polar surface area (TPSA) is 55.4 Å². The molecule has 20 heavy (non-hydrogen) atoms.